The summed E-state index contributed by atoms with van der Waals surface area (Å²) in [6, 6.07) is 16.7. The molecule has 0 saturated carbocycles. The van der Waals surface area contributed by atoms with E-state index >= 15 is 0 Å². The maximum atomic E-state index is 12.8. The van der Waals surface area contributed by atoms with Crippen molar-refractivity contribution in [1.82, 2.24) is 20.4 Å². The third kappa shape index (κ3) is 7.03. The van der Waals surface area contributed by atoms with Crippen molar-refractivity contribution in [3.05, 3.63) is 74.7 Å². The van der Waals surface area contributed by atoms with Crippen LogP contribution in [0.3, 0.4) is 0 Å². The van der Waals surface area contributed by atoms with E-state index in [4.69, 9.17) is 16.3 Å². The first-order chi connectivity index (χ1) is 17.1. The number of hydrogen-bond acceptors (Lipinski definition) is 7. The number of aryl methyl sites for hydroxylation is 2. The van der Waals surface area contributed by atoms with Crippen LogP contribution < -0.4 is 10.2 Å². The number of hydrogen-bond donors (Lipinski definition) is 1. The van der Waals surface area contributed by atoms with Gasteiger partial charge in [0.15, 0.2) is 0 Å². The van der Waals surface area contributed by atoms with E-state index in [9.17, 15) is 4.79 Å². The van der Waals surface area contributed by atoms with Crippen molar-refractivity contribution in [2.24, 2.45) is 0 Å². The van der Waals surface area contributed by atoms with E-state index < -0.39 is 0 Å². The van der Waals surface area contributed by atoms with Gasteiger partial charge in [-0.25, -0.2) is 0 Å². The molecule has 1 N–H and O–H groups in total. The Bertz CT molecular complexity index is 1120. The van der Waals surface area contributed by atoms with Gasteiger partial charge in [0.05, 0.1) is 13.2 Å². The zero-order chi connectivity index (χ0) is 24.0. The molecular weight excluding hydrogens is 494 g/mol. The second-order valence-corrected chi connectivity index (χ2v) is 10.6. The number of carbonyl (C=O) groups is 1. The third-order valence-electron chi connectivity index (χ3n) is 6.54. The molecule has 2 aliphatic heterocycles. The maximum absolute atomic E-state index is 12.8. The van der Waals surface area contributed by atoms with Crippen LogP contribution in [0.5, 0.6) is 0 Å². The Labute approximate surface area is 222 Å². The number of morpholine rings is 1. The molecular formula is C27H34ClN5O2S. The van der Waals surface area contributed by atoms with E-state index in [1.807, 2.05) is 24.3 Å². The number of aromatic nitrogens is 2. The molecule has 2 aliphatic rings. The molecule has 36 heavy (non-hydrogen) atoms. The number of nitrogens with zero attached hydrogens (tertiary/aromatic N) is 4. The molecule has 3 aromatic rings. The molecule has 5 rings (SSSR count). The Hall–Kier alpha value is -2.52. The van der Waals surface area contributed by atoms with Crippen LogP contribution in [-0.2, 0) is 24.1 Å². The van der Waals surface area contributed by atoms with Crippen molar-refractivity contribution in [2.75, 3.05) is 44.3 Å². The van der Waals surface area contributed by atoms with Gasteiger partial charge >= 0.3 is 0 Å². The first kappa shape index (κ1) is 26.5. The summed E-state index contributed by atoms with van der Waals surface area (Å²) in [6.45, 7) is 6.32. The SMILES string of the molecule is C.O=C(N[C@@H]1CCN(c2ccc(CN3CCOCC3)cc2)C1)c1nnc(CCc2ccc(Cl)cc2)s1. The van der Waals surface area contributed by atoms with Crippen LogP contribution in [-0.4, -0.2) is 66.4 Å². The van der Waals surface area contributed by atoms with Gasteiger partial charge in [-0.1, -0.05) is 54.6 Å². The monoisotopic (exact) mass is 527 g/mol. The Morgan fingerprint density at radius 2 is 1.72 bits per heavy atom. The number of amides is 1. The number of ether oxygens (including phenoxy) is 1. The zero-order valence-corrected chi connectivity index (χ0v) is 21.2. The summed E-state index contributed by atoms with van der Waals surface area (Å²) in [4.78, 5) is 17.5. The second kappa shape index (κ2) is 12.6. The van der Waals surface area contributed by atoms with Gasteiger partial charge in [0, 0.05) is 55.9 Å². The van der Waals surface area contributed by atoms with E-state index in [2.05, 4.69) is 49.6 Å². The zero-order valence-electron chi connectivity index (χ0n) is 19.7. The van der Waals surface area contributed by atoms with Crippen LogP contribution in [0.4, 0.5) is 5.69 Å². The lowest BCUT2D eigenvalue weighted by Crippen LogP contribution is -2.37. The van der Waals surface area contributed by atoms with Gasteiger partial charge in [-0.2, -0.15) is 0 Å². The average Bonchev–Trinajstić information content (AvgIpc) is 3.55. The minimum atomic E-state index is -0.132. The summed E-state index contributed by atoms with van der Waals surface area (Å²) in [5.41, 5.74) is 3.71. The minimum Gasteiger partial charge on any atom is -0.379 e. The largest absolute Gasteiger partial charge is 0.379 e. The number of benzene rings is 2. The topological polar surface area (TPSA) is 70.6 Å². The summed E-state index contributed by atoms with van der Waals surface area (Å²) < 4.78 is 5.43. The minimum absolute atomic E-state index is 0. The van der Waals surface area contributed by atoms with Gasteiger partial charge in [-0.05, 0) is 48.2 Å². The third-order valence-corrected chi connectivity index (χ3v) is 7.77. The van der Waals surface area contributed by atoms with Crippen LogP contribution in [0.15, 0.2) is 48.5 Å². The number of anilines is 1. The maximum Gasteiger partial charge on any atom is 0.282 e. The van der Waals surface area contributed by atoms with Gasteiger partial charge in [-0.15, -0.1) is 10.2 Å². The van der Waals surface area contributed by atoms with E-state index in [1.165, 1.54) is 28.2 Å². The van der Waals surface area contributed by atoms with Crippen molar-refractivity contribution in [3.63, 3.8) is 0 Å². The summed E-state index contributed by atoms with van der Waals surface area (Å²) in [5, 5.41) is 13.5. The fourth-order valence-electron chi connectivity index (χ4n) is 4.54. The van der Waals surface area contributed by atoms with Gasteiger partial charge in [0.2, 0.25) is 5.01 Å². The number of halogens is 1. The molecule has 0 unspecified atom stereocenters. The van der Waals surface area contributed by atoms with Crippen molar-refractivity contribution >= 4 is 34.5 Å². The average molecular weight is 528 g/mol. The molecule has 1 amide bonds. The lowest BCUT2D eigenvalue weighted by molar-refractivity contribution is 0.0342. The fraction of sp³-hybridized carbons (Fsp3) is 0.444. The van der Waals surface area contributed by atoms with Crippen LogP contribution in [0.2, 0.25) is 5.02 Å². The molecule has 2 fully saturated rings. The first-order valence-corrected chi connectivity index (χ1v) is 13.3. The number of carbonyl (C=O) groups excluding carboxylic acids is 1. The van der Waals surface area contributed by atoms with E-state index in [1.54, 1.807) is 0 Å². The first-order valence-electron chi connectivity index (χ1n) is 12.1. The molecule has 2 aromatic carbocycles. The highest BCUT2D eigenvalue weighted by molar-refractivity contribution is 7.13. The highest BCUT2D eigenvalue weighted by Crippen LogP contribution is 2.22. The molecule has 7 nitrogen and oxygen atoms in total. The van der Waals surface area contributed by atoms with Crippen molar-refractivity contribution in [2.45, 2.75) is 39.3 Å². The summed E-state index contributed by atoms with van der Waals surface area (Å²) >= 11 is 7.32. The Balaban J connectivity index is 0.00000304. The molecule has 0 aliphatic carbocycles. The fourth-order valence-corrected chi connectivity index (χ4v) is 5.41. The molecule has 9 heteroatoms. The summed E-state index contributed by atoms with van der Waals surface area (Å²) in [5.74, 6) is -0.132. The summed E-state index contributed by atoms with van der Waals surface area (Å²) in [6.07, 6.45) is 2.52. The number of nitrogens with one attached hydrogen (secondary N) is 1. The van der Waals surface area contributed by atoms with E-state index in [0.29, 0.717) is 5.01 Å². The van der Waals surface area contributed by atoms with Crippen LogP contribution in [0.25, 0.3) is 0 Å². The predicted octanol–water partition coefficient (Wildman–Crippen LogP) is 4.45. The van der Waals surface area contributed by atoms with Crippen molar-refractivity contribution in [3.8, 4) is 0 Å². The predicted molar refractivity (Wildman–Crippen MR) is 146 cm³/mol. The molecule has 0 spiro atoms. The van der Waals surface area contributed by atoms with Gasteiger partial charge in [-0.3, -0.25) is 9.69 Å². The van der Waals surface area contributed by atoms with Gasteiger partial charge in [0.25, 0.3) is 5.91 Å². The Morgan fingerprint density at radius 1 is 1.00 bits per heavy atom. The smallest absolute Gasteiger partial charge is 0.282 e. The standard InChI is InChI=1S/C26H30ClN5O2S.CH4/c27-21-6-1-19(2-7-21)5-10-24-29-30-26(35-24)25(33)28-22-11-12-32(18-22)23-8-3-20(4-9-23)17-31-13-15-34-16-14-31;/h1-4,6-9,22H,5,10-18H2,(H,28,33);1H4/t22-;/m1./s1. The summed E-state index contributed by atoms with van der Waals surface area (Å²) in [7, 11) is 0. The van der Waals surface area contributed by atoms with Crippen LogP contribution in [0, 0.1) is 0 Å². The molecule has 0 radical (unpaired) electrons. The molecule has 0 bridgehead atoms. The lowest BCUT2D eigenvalue weighted by Gasteiger charge is -2.27. The van der Waals surface area contributed by atoms with Gasteiger partial charge < -0.3 is 15.0 Å². The Morgan fingerprint density at radius 3 is 2.47 bits per heavy atom. The molecule has 1 atom stereocenters. The van der Waals surface area contributed by atoms with E-state index in [0.717, 1.165) is 75.2 Å². The lowest BCUT2D eigenvalue weighted by atomic mass is 10.1. The second-order valence-electron chi connectivity index (χ2n) is 9.09. The molecule has 192 valence electrons. The Kier molecular flexibility index (Phi) is 9.31. The number of rotatable bonds is 8. The van der Waals surface area contributed by atoms with Gasteiger partial charge in [0.1, 0.15) is 5.01 Å². The molecule has 3 heterocycles. The van der Waals surface area contributed by atoms with Crippen molar-refractivity contribution < 1.29 is 9.53 Å². The van der Waals surface area contributed by atoms with Crippen LogP contribution >= 0.6 is 22.9 Å². The van der Waals surface area contributed by atoms with Crippen molar-refractivity contribution in [1.29, 1.82) is 0 Å². The highest BCUT2D eigenvalue weighted by atomic mass is 35.5. The molecule has 1 aromatic heterocycles. The quantitative estimate of drug-likeness (QED) is 0.466. The normalized spacial score (nSPS) is 18.1. The molecule has 2 saturated heterocycles. The highest BCUT2D eigenvalue weighted by Gasteiger charge is 2.26. The van der Waals surface area contributed by atoms with Crippen LogP contribution in [0.1, 0.15) is 39.8 Å². The van der Waals surface area contributed by atoms with E-state index in [-0.39, 0.29) is 19.4 Å².